The first-order chi connectivity index (χ1) is 8.22. The Bertz CT molecular complexity index is 358. The molecular weight excluding hydrogens is 234 g/mol. The number of rotatable bonds is 4. The first-order valence-corrected chi connectivity index (χ1v) is 7.03. The molecule has 1 fully saturated rings. The summed E-state index contributed by atoms with van der Waals surface area (Å²) in [5, 5.41) is 3.52. The van der Waals surface area contributed by atoms with Crippen LogP contribution in [0.2, 0.25) is 0 Å². The lowest BCUT2D eigenvalue weighted by Gasteiger charge is -2.31. The third kappa shape index (κ3) is 3.07. The Morgan fingerprint density at radius 3 is 2.82 bits per heavy atom. The van der Waals surface area contributed by atoms with Gasteiger partial charge >= 0.3 is 0 Å². The van der Waals surface area contributed by atoms with Crippen LogP contribution in [-0.4, -0.2) is 32.5 Å². The van der Waals surface area contributed by atoms with Crippen molar-refractivity contribution in [1.29, 1.82) is 0 Å². The van der Waals surface area contributed by atoms with Gasteiger partial charge in [-0.15, -0.1) is 11.3 Å². The molecule has 17 heavy (non-hydrogen) atoms. The molecule has 1 saturated heterocycles. The zero-order valence-corrected chi connectivity index (χ0v) is 11.6. The number of hydrogen-bond donors (Lipinski definition) is 1. The lowest BCUT2D eigenvalue weighted by molar-refractivity contribution is -0.102. The van der Waals surface area contributed by atoms with Crippen molar-refractivity contribution in [3.05, 3.63) is 21.4 Å². The number of aryl methyl sites for hydroxylation is 2. The van der Waals surface area contributed by atoms with Crippen molar-refractivity contribution in [1.82, 2.24) is 5.32 Å². The molecule has 0 aromatic carbocycles. The van der Waals surface area contributed by atoms with Crippen LogP contribution in [0, 0.1) is 13.8 Å². The molecule has 0 saturated carbocycles. The first-order valence-electron chi connectivity index (χ1n) is 6.22. The van der Waals surface area contributed by atoms with E-state index in [0.29, 0.717) is 13.2 Å². The van der Waals surface area contributed by atoms with Crippen molar-refractivity contribution in [3.8, 4) is 0 Å². The van der Waals surface area contributed by atoms with Crippen LogP contribution in [0.3, 0.4) is 0 Å². The first kappa shape index (κ1) is 13.0. The van der Waals surface area contributed by atoms with Crippen molar-refractivity contribution in [2.24, 2.45) is 0 Å². The fourth-order valence-electron chi connectivity index (χ4n) is 2.32. The normalized spacial score (nSPS) is 22.6. The summed E-state index contributed by atoms with van der Waals surface area (Å²) in [7, 11) is 0. The SMILES string of the molecule is CCNC(c1cc(C)sc1C)C1COCCO1. The van der Waals surface area contributed by atoms with Gasteiger partial charge in [-0.25, -0.2) is 0 Å². The van der Waals surface area contributed by atoms with Crippen LogP contribution in [0.4, 0.5) is 0 Å². The van der Waals surface area contributed by atoms with Crippen LogP contribution >= 0.6 is 11.3 Å². The van der Waals surface area contributed by atoms with Gasteiger partial charge in [0.1, 0.15) is 6.10 Å². The largest absolute Gasteiger partial charge is 0.376 e. The maximum atomic E-state index is 5.83. The Balaban J connectivity index is 2.18. The highest BCUT2D eigenvalue weighted by atomic mass is 32.1. The molecule has 0 aliphatic carbocycles. The highest BCUT2D eigenvalue weighted by Crippen LogP contribution is 2.30. The van der Waals surface area contributed by atoms with E-state index < -0.39 is 0 Å². The second kappa shape index (κ2) is 5.96. The van der Waals surface area contributed by atoms with E-state index in [1.807, 2.05) is 11.3 Å². The van der Waals surface area contributed by atoms with Crippen LogP contribution in [0.25, 0.3) is 0 Å². The van der Waals surface area contributed by atoms with Gasteiger partial charge < -0.3 is 14.8 Å². The van der Waals surface area contributed by atoms with Crippen molar-refractivity contribution < 1.29 is 9.47 Å². The van der Waals surface area contributed by atoms with Crippen molar-refractivity contribution in [2.75, 3.05) is 26.4 Å². The molecular formula is C13H21NO2S. The van der Waals surface area contributed by atoms with Gasteiger partial charge in [0.15, 0.2) is 0 Å². The predicted molar refractivity (Wildman–Crippen MR) is 70.8 cm³/mol. The molecule has 1 aromatic rings. The number of likely N-dealkylation sites (N-methyl/N-ethyl adjacent to an activating group) is 1. The molecule has 2 atom stereocenters. The summed E-state index contributed by atoms with van der Waals surface area (Å²) in [6.07, 6.45) is 0.136. The monoisotopic (exact) mass is 255 g/mol. The number of ether oxygens (including phenoxy) is 2. The van der Waals surface area contributed by atoms with E-state index in [0.717, 1.165) is 13.2 Å². The number of thiophene rings is 1. The maximum Gasteiger partial charge on any atom is 0.100 e. The lowest BCUT2D eigenvalue weighted by Crippen LogP contribution is -2.40. The van der Waals surface area contributed by atoms with Gasteiger partial charge in [0.25, 0.3) is 0 Å². The molecule has 1 aliphatic heterocycles. The van der Waals surface area contributed by atoms with E-state index in [1.54, 1.807) is 0 Å². The van der Waals surface area contributed by atoms with E-state index in [1.165, 1.54) is 15.3 Å². The molecule has 0 bridgehead atoms. The predicted octanol–water partition coefficient (Wildman–Crippen LogP) is 2.43. The zero-order valence-electron chi connectivity index (χ0n) is 10.8. The molecule has 96 valence electrons. The second-order valence-electron chi connectivity index (χ2n) is 4.39. The fourth-order valence-corrected chi connectivity index (χ4v) is 3.29. The minimum Gasteiger partial charge on any atom is -0.376 e. The zero-order chi connectivity index (χ0) is 12.3. The van der Waals surface area contributed by atoms with Gasteiger partial charge in [-0.3, -0.25) is 0 Å². The maximum absolute atomic E-state index is 5.83. The average Bonchev–Trinajstić information content (AvgIpc) is 2.66. The standard InChI is InChI=1S/C13H21NO2S/c1-4-14-13(12-8-15-5-6-16-12)11-7-9(2)17-10(11)3/h7,12-14H,4-6,8H2,1-3H3. The Morgan fingerprint density at radius 1 is 1.47 bits per heavy atom. The van der Waals surface area contributed by atoms with Gasteiger partial charge in [0, 0.05) is 9.75 Å². The van der Waals surface area contributed by atoms with Crippen molar-refractivity contribution in [2.45, 2.75) is 32.9 Å². The summed E-state index contributed by atoms with van der Waals surface area (Å²) in [5.41, 5.74) is 1.37. The van der Waals surface area contributed by atoms with E-state index >= 15 is 0 Å². The Hall–Kier alpha value is -0.420. The number of nitrogens with one attached hydrogen (secondary N) is 1. The molecule has 0 spiro atoms. The van der Waals surface area contributed by atoms with Gasteiger partial charge in [-0.1, -0.05) is 6.92 Å². The van der Waals surface area contributed by atoms with Crippen LogP contribution in [0.5, 0.6) is 0 Å². The molecule has 2 unspecified atom stereocenters. The van der Waals surface area contributed by atoms with Gasteiger partial charge in [-0.2, -0.15) is 0 Å². The average molecular weight is 255 g/mol. The molecule has 4 heteroatoms. The summed E-state index contributed by atoms with van der Waals surface area (Å²) in [6, 6.07) is 2.52. The van der Waals surface area contributed by atoms with Crippen LogP contribution in [-0.2, 0) is 9.47 Å². The third-order valence-electron chi connectivity index (χ3n) is 3.05. The smallest absolute Gasteiger partial charge is 0.100 e. The lowest BCUT2D eigenvalue weighted by atomic mass is 10.0. The van der Waals surface area contributed by atoms with Crippen molar-refractivity contribution in [3.63, 3.8) is 0 Å². The molecule has 3 nitrogen and oxygen atoms in total. The Morgan fingerprint density at radius 2 is 2.29 bits per heavy atom. The summed E-state index contributed by atoms with van der Waals surface area (Å²) in [4.78, 5) is 2.74. The Kier molecular flexibility index (Phi) is 4.56. The summed E-state index contributed by atoms with van der Waals surface area (Å²) < 4.78 is 11.3. The molecule has 0 radical (unpaired) electrons. The highest BCUT2D eigenvalue weighted by molar-refractivity contribution is 7.12. The topological polar surface area (TPSA) is 30.5 Å². The third-order valence-corrected chi connectivity index (χ3v) is 4.03. The second-order valence-corrected chi connectivity index (χ2v) is 5.85. The van der Waals surface area contributed by atoms with Gasteiger partial charge in [0.05, 0.1) is 25.9 Å². The van der Waals surface area contributed by atoms with Crippen LogP contribution in [0.1, 0.15) is 28.3 Å². The number of hydrogen-bond acceptors (Lipinski definition) is 4. The molecule has 2 heterocycles. The quantitative estimate of drug-likeness (QED) is 0.896. The van der Waals surface area contributed by atoms with Crippen LogP contribution < -0.4 is 5.32 Å². The summed E-state index contributed by atoms with van der Waals surface area (Å²) in [5.74, 6) is 0. The van der Waals surface area contributed by atoms with E-state index in [-0.39, 0.29) is 12.1 Å². The van der Waals surface area contributed by atoms with Crippen LogP contribution in [0.15, 0.2) is 6.07 Å². The summed E-state index contributed by atoms with van der Waals surface area (Å²) >= 11 is 1.85. The molecule has 1 aliphatic rings. The van der Waals surface area contributed by atoms with Gasteiger partial charge in [-0.05, 0) is 32.0 Å². The fraction of sp³-hybridized carbons (Fsp3) is 0.692. The van der Waals surface area contributed by atoms with Crippen molar-refractivity contribution >= 4 is 11.3 Å². The minimum atomic E-state index is 0.136. The minimum absolute atomic E-state index is 0.136. The molecule has 0 amide bonds. The van der Waals surface area contributed by atoms with E-state index in [2.05, 4.69) is 32.2 Å². The van der Waals surface area contributed by atoms with E-state index in [4.69, 9.17) is 9.47 Å². The Labute approximate surface area is 107 Å². The molecule has 2 rings (SSSR count). The van der Waals surface area contributed by atoms with E-state index in [9.17, 15) is 0 Å². The molecule has 1 aromatic heterocycles. The molecule has 1 N–H and O–H groups in total. The summed E-state index contributed by atoms with van der Waals surface area (Å²) in [6.45, 7) is 9.52. The van der Waals surface area contributed by atoms with Gasteiger partial charge in [0.2, 0.25) is 0 Å². The highest BCUT2D eigenvalue weighted by Gasteiger charge is 2.27.